The van der Waals surface area contributed by atoms with Crippen LogP contribution >= 0.6 is 11.6 Å². The summed E-state index contributed by atoms with van der Waals surface area (Å²) in [5, 5.41) is 2.61. The SMILES string of the molecule is C[C@@H](Nc1nc(Cl)nc2c1CN(S(=O)(=O)C1CC1)C2)c1cc(N)cc(C(F)(F)F)c1. The summed E-state index contributed by atoms with van der Waals surface area (Å²) in [4.78, 5) is 8.29. The van der Waals surface area contributed by atoms with Crippen molar-refractivity contribution >= 4 is 33.1 Å². The second-order valence-electron chi connectivity index (χ2n) is 7.53. The molecule has 0 saturated heterocycles. The molecule has 7 nitrogen and oxygen atoms in total. The first-order valence-electron chi connectivity index (χ1n) is 9.23. The Labute approximate surface area is 176 Å². The molecule has 2 heterocycles. The monoisotopic (exact) mass is 461 g/mol. The molecule has 0 amide bonds. The Kier molecular flexibility index (Phi) is 5.10. The summed E-state index contributed by atoms with van der Waals surface area (Å²) in [6.07, 6.45) is -3.25. The van der Waals surface area contributed by atoms with E-state index >= 15 is 0 Å². The number of halogens is 4. The summed E-state index contributed by atoms with van der Waals surface area (Å²) in [6.45, 7) is 1.84. The van der Waals surface area contributed by atoms with Crippen LogP contribution in [-0.4, -0.2) is 27.9 Å². The number of fused-ring (bicyclic) bond motifs is 1. The molecule has 3 N–H and O–H groups in total. The highest BCUT2D eigenvalue weighted by atomic mass is 35.5. The smallest absolute Gasteiger partial charge is 0.399 e. The summed E-state index contributed by atoms with van der Waals surface area (Å²) in [6, 6.07) is 2.73. The van der Waals surface area contributed by atoms with E-state index in [0.29, 0.717) is 35.5 Å². The molecule has 162 valence electrons. The summed E-state index contributed by atoms with van der Waals surface area (Å²) >= 11 is 6.01. The summed E-state index contributed by atoms with van der Waals surface area (Å²) in [7, 11) is -3.42. The van der Waals surface area contributed by atoms with Crippen molar-refractivity contribution in [3.63, 3.8) is 0 Å². The van der Waals surface area contributed by atoms with E-state index in [-0.39, 0.29) is 29.3 Å². The predicted octanol–water partition coefficient (Wildman–Crippen LogP) is 3.71. The van der Waals surface area contributed by atoms with E-state index in [1.54, 1.807) is 6.92 Å². The van der Waals surface area contributed by atoms with Gasteiger partial charge in [-0.3, -0.25) is 0 Å². The number of rotatable bonds is 5. The molecule has 30 heavy (non-hydrogen) atoms. The number of hydrogen-bond acceptors (Lipinski definition) is 6. The molecular formula is C18H19ClF3N5O2S. The molecule has 2 aromatic rings. The number of anilines is 2. The van der Waals surface area contributed by atoms with Gasteiger partial charge in [0, 0.05) is 17.8 Å². The van der Waals surface area contributed by atoms with Crippen LogP contribution in [0, 0.1) is 0 Å². The molecule has 1 saturated carbocycles. The zero-order chi connectivity index (χ0) is 21.8. The molecule has 12 heteroatoms. The van der Waals surface area contributed by atoms with Crippen LogP contribution in [0.5, 0.6) is 0 Å². The van der Waals surface area contributed by atoms with Gasteiger partial charge in [-0.2, -0.15) is 17.5 Å². The Bertz CT molecular complexity index is 1110. The maximum atomic E-state index is 13.1. The van der Waals surface area contributed by atoms with Gasteiger partial charge < -0.3 is 11.1 Å². The quantitative estimate of drug-likeness (QED) is 0.520. The number of benzene rings is 1. The third-order valence-corrected chi connectivity index (χ3v) is 7.65. The fraction of sp³-hybridized carbons (Fsp3) is 0.444. The van der Waals surface area contributed by atoms with E-state index in [4.69, 9.17) is 17.3 Å². The van der Waals surface area contributed by atoms with Gasteiger partial charge in [-0.1, -0.05) is 0 Å². The molecule has 0 spiro atoms. The van der Waals surface area contributed by atoms with E-state index in [1.807, 2.05) is 0 Å². The van der Waals surface area contributed by atoms with E-state index < -0.39 is 27.8 Å². The molecule has 0 radical (unpaired) electrons. The highest BCUT2D eigenvalue weighted by Crippen LogP contribution is 2.38. The number of nitrogens with one attached hydrogen (secondary N) is 1. The van der Waals surface area contributed by atoms with E-state index in [1.165, 1.54) is 10.4 Å². The molecular weight excluding hydrogens is 443 g/mol. The Hall–Kier alpha value is -2.11. The molecule has 1 fully saturated rings. The minimum atomic E-state index is -4.53. The normalized spacial score (nSPS) is 18.3. The van der Waals surface area contributed by atoms with Crippen LogP contribution in [-0.2, 0) is 29.3 Å². The van der Waals surface area contributed by atoms with Crippen LogP contribution in [0.15, 0.2) is 18.2 Å². The van der Waals surface area contributed by atoms with Gasteiger partial charge in [0.1, 0.15) is 5.82 Å². The lowest BCUT2D eigenvalue weighted by atomic mass is 10.0. The molecule has 2 aliphatic rings. The minimum Gasteiger partial charge on any atom is -0.399 e. The van der Waals surface area contributed by atoms with Gasteiger partial charge in [0.2, 0.25) is 15.3 Å². The van der Waals surface area contributed by atoms with Crippen molar-refractivity contribution < 1.29 is 21.6 Å². The summed E-state index contributed by atoms with van der Waals surface area (Å²) < 4.78 is 65.9. The molecule has 4 rings (SSSR count). The fourth-order valence-corrected chi connectivity index (χ4v) is 5.40. The lowest BCUT2D eigenvalue weighted by Gasteiger charge is -2.19. The van der Waals surface area contributed by atoms with Crippen LogP contribution in [0.2, 0.25) is 5.28 Å². The van der Waals surface area contributed by atoms with Crippen molar-refractivity contribution in [1.29, 1.82) is 0 Å². The number of alkyl halides is 3. The van der Waals surface area contributed by atoms with Crippen molar-refractivity contribution in [1.82, 2.24) is 14.3 Å². The molecule has 1 aromatic carbocycles. The zero-order valence-electron chi connectivity index (χ0n) is 15.9. The molecule has 1 atom stereocenters. The molecule has 0 unspecified atom stereocenters. The van der Waals surface area contributed by atoms with Crippen molar-refractivity contribution in [2.75, 3.05) is 11.1 Å². The maximum absolute atomic E-state index is 13.1. The number of sulfonamides is 1. The predicted molar refractivity (Wildman–Crippen MR) is 106 cm³/mol. The highest BCUT2D eigenvalue weighted by molar-refractivity contribution is 7.90. The first-order valence-corrected chi connectivity index (χ1v) is 11.1. The second-order valence-corrected chi connectivity index (χ2v) is 10.1. The van der Waals surface area contributed by atoms with Gasteiger partial charge in [0.05, 0.1) is 29.1 Å². The molecule has 1 aromatic heterocycles. The zero-order valence-corrected chi connectivity index (χ0v) is 17.4. The average molecular weight is 462 g/mol. The number of nitrogens with zero attached hydrogens (tertiary/aromatic N) is 3. The fourth-order valence-electron chi connectivity index (χ4n) is 3.45. The van der Waals surface area contributed by atoms with E-state index in [2.05, 4.69) is 15.3 Å². The third kappa shape index (κ3) is 4.06. The summed E-state index contributed by atoms with van der Waals surface area (Å²) in [5.74, 6) is 0.294. The van der Waals surface area contributed by atoms with Crippen molar-refractivity contribution in [2.24, 2.45) is 0 Å². The highest BCUT2D eigenvalue weighted by Gasteiger charge is 2.43. The van der Waals surface area contributed by atoms with Gasteiger partial charge in [-0.15, -0.1) is 0 Å². The summed E-state index contributed by atoms with van der Waals surface area (Å²) in [5.41, 5.74) is 6.15. The van der Waals surface area contributed by atoms with Crippen LogP contribution in [0.3, 0.4) is 0 Å². The van der Waals surface area contributed by atoms with Gasteiger partial charge in [0.15, 0.2) is 0 Å². The number of nitrogens with two attached hydrogens (primary N) is 1. The standard InChI is InChI=1S/C18H19ClF3N5O2S/c1-9(10-4-11(18(20,21)22)6-12(23)5-10)24-16-14-7-27(30(28,29)13-2-3-13)8-15(14)25-17(19)26-16/h4-6,9,13H,2-3,7-8,23H2,1H3,(H,24,25,26)/t9-/m1/s1. The van der Waals surface area contributed by atoms with Crippen molar-refractivity contribution in [2.45, 2.75) is 50.3 Å². The van der Waals surface area contributed by atoms with Gasteiger partial charge in [-0.05, 0) is 55.1 Å². The Morgan fingerprint density at radius 3 is 2.57 bits per heavy atom. The Morgan fingerprint density at radius 1 is 1.23 bits per heavy atom. The van der Waals surface area contributed by atoms with Crippen molar-refractivity contribution in [3.05, 3.63) is 45.9 Å². The third-order valence-electron chi connectivity index (χ3n) is 5.19. The van der Waals surface area contributed by atoms with Crippen LogP contribution in [0.4, 0.5) is 24.7 Å². The Morgan fingerprint density at radius 2 is 1.93 bits per heavy atom. The van der Waals surface area contributed by atoms with Gasteiger partial charge in [-0.25, -0.2) is 18.4 Å². The van der Waals surface area contributed by atoms with Crippen LogP contribution in [0.25, 0.3) is 0 Å². The topological polar surface area (TPSA) is 101 Å². The largest absolute Gasteiger partial charge is 0.416 e. The first-order chi connectivity index (χ1) is 13.9. The first kappa shape index (κ1) is 21.1. The molecule has 1 aliphatic carbocycles. The second kappa shape index (κ2) is 7.24. The van der Waals surface area contributed by atoms with Gasteiger partial charge >= 0.3 is 6.18 Å². The van der Waals surface area contributed by atoms with Crippen LogP contribution in [0.1, 0.15) is 48.2 Å². The lowest BCUT2D eigenvalue weighted by molar-refractivity contribution is -0.137. The number of aromatic nitrogens is 2. The number of hydrogen-bond donors (Lipinski definition) is 2. The average Bonchev–Trinajstić information content (AvgIpc) is 3.40. The van der Waals surface area contributed by atoms with E-state index in [0.717, 1.165) is 12.1 Å². The maximum Gasteiger partial charge on any atom is 0.416 e. The van der Waals surface area contributed by atoms with Gasteiger partial charge in [0.25, 0.3) is 0 Å². The lowest BCUT2D eigenvalue weighted by Crippen LogP contribution is -2.29. The number of nitrogen functional groups attached to an aromatic ring is 1. The Balaban J connectivity index is 1.62. The minimum absolute atomic E-state index is 0.0128. The van der Waals surface area contributed by atoms with E-state index in [9.17, 15) is 21.6 Å². The van der Waals surface area contributed by atoms with Crippen LogP contribution < -0.4 is 11.1 Å². The molecule has 0 bridgehead atoms. The molecule has 1 aliphatic heterocycles. The van der Waals surface area contributed by atoms with Crippen molar-refractivity contribution in [3.8, 4) is 0 Å².